The molecule has 2 amide bonds. The first-order valence-corrected chi connectivity index (χ1v) is 10.0. The van der Waals surface area contributed by atoms with Gasteiger partial charge in [-0.15, -0.1) is 0 Å². The third-order valence-electron chi connectivity index (χ3n) is 4.89. The number of hydrogen-bond acceptors (Lipinski definition) is 7. The first-order chi connectivity index (χ1) is 15.5. The Bertz CT molecular complexity index is 1050. The Morgan fingerprint density at radius 1 is 1.12 bits per heavy atom. The number of ether oxygens (including phenoxy) is 2. The second kappa shape index (κ2) is 10.3. The summed E-state index contributed by atoms with van der Waals surface area (Å²) in [6, 6.07) is 13.8. The van der Waals surface area contributed by atoms with Crippen LogP contribution in [-0.4, -0.2) is 44.3 Å². The Balaban J connectivity index is 1.95. The molecule has 9 heteroatoms. The number of esters is 1. The van der Waals surface area contributed by atoms with E-state index in [4.69, 9.17) is 14.9 Å². The molecule has 0 aliphatic carbocycles. The van der Waals surface area contributed by atoms with Crippen molar-refractivity contribution < 1.29 is 23.9 Å². The zero-order valence-electron chi connectivity index (χ0n) is 17.8. The summed E-state index contributed by atoms with van der Waals surface area (Å²) in [4.78, 5) is 37.8. The molecule has 1 aliphatic rings. The normalized spacial score (nSPS) is 13.4. The number of nitrogens with zero attached hydrogens (tertiary/aromatic N) is 1. The highest BCUT2D eigenvalue weighted by atomic mass is 16.5. The number of amides is 2. The largest absolute Gasteiger partial charge is 0.497 e. The molecule has 0 spiro atoms. The molecular weight excluding hydrogens is 412 g/mol. The lowest BCUT2D eigenvalue weighted by Gasteiger charge is -2.31. The molecule has 0 saturated heterocycles. The molecule has 0 aromatic heterocycles. The quantitative estimate of drug-likeness (QED) is 0.316. The lowest BCUT2D eigenvalue weighted by molar-refractivity contribution is -0.135. The van der Waals surface area contributed by atoms with Crippen molar-refractivity contribution in [3.05, 3.63) is 59.8 Å². The van der Waals surface area contributed by atoms with Gasteiger partial charge in [-0.1, -0.05) is 0 Å². The number of nitrogens with one attached hydrogen (secondary N) is 3. The molecular formula is C23H24N4O5. The SMILES string of the molecule is CCOC(=O)C(=N)C1=C(Nc2ccc(OC)cc2)C(=O)N(c2ccc(NC=O)cc2)CC1. The van der Waals surface area contributed by atoms with Crippen molar-refractivity contribution in [1.82, 2.24) is 0 Å². The zero-order valence-corrected chi connectivity index (χ0v) is 17.8. The van der Waals surface area contributed by atoms with Crippen LogP contribution in [-0.2, 0) is 19.1 Å². The maximum atomic E-state index is 13.4. The van der Waals surface area contributed by atoms with Gasteiger partial charge in [0.2, 0.25) is 6.41 Å². The van der Waals surface area contributed by atoms with E-state index >= 15 is 0 Å². The first-order valence-electron chi connectivity index (χ1n) is 10.0. The van der Waals surface area contributed by atoms with Crippen molar-refractivity contribution >= 4 is 41.1 Å². The minimum Gasteiger partial charge on any atom is -0.497 e. The fraction of sp³-hybridized carbons (Fsp3) is 0.217. The van der Waals surface area contributed by atoms with Gasteiger partial charge >= 0.3 is 5.97 Å². The van der Waals surface area contributed by atoms with Gasteiger partial charge < -0.3 is 25.0 Å². The number of benzene rings is 2. The van der Waals surface area contributed by atoms with E-state index in [9.17, 15) is 14.4 Å². The Morgan fingerprint density at radius 3 is 2.38 bits per heavy atom. The molecule has 0 bridgehead atoms. The highest BCUT2D eigenvalue weighted by Crippen LogP contribution is 2.28. The second-order valence-electron chi connectivity index (χ2n) is 6.82. The van der Waals surface area contributed by atoms with E-state index in [0.717, 1.165) is 0 Å². The van der Waals surface area contributed by atoms with E-state index < -0.39 is 5.97 Å². The average molecular weight is 436 g/mol. The number of methoxy groups -OCH3 is 1. The summed E-state index contributed by atoms with van der Waals surface area (Å²) >= 11 is 0. The molecule has 3 N–H and O–H groups in total. The third-order valence-corrected chi connectivity index (χ3v) is 4.89. The number of carbonyl (C=O) groups excluding carboxylic acids is 3. The lowest BCUT2D eigenvalue weighted by Crippen LogP contribution is -2.41. The maximum Gasteiger partial charge on any atom is 0.356 e. The number of anilines is 3. The molecule has 2 aromatic rings. The van der Waals surface area contributed by atoms with Gasteiger partial charge in [-0.3, -0.25) is 15.0 Å². The Morgan fingerprint density at radius 2 is 1.78 bits per heavy atom. The Hall–Kier alpha value is -4.14. The van der Waals surface area contributed by atoms with E-state index in [1.807, 2.05) is 0 Å². The van der Waals surface area contributed by atoms with Gasteiger partial charge in [0.1, 0.15) is 17.2 Å². The molecule has 0 radical (unpaired) electrons. The summed E-state index contributed by atoms with van der Waals surface area (Å²) in [6.45, 7) is 2.08. The molecule has 2 aromatic carbocycles. The fourth-order valence-corrected chi connectivity index (χ4v) is 3.29. The predicted molar refractivity (Wildman–Crippen MR) is 121 cm³/mol. The molecule has 3 rings (SSSR count). The van der Waals surface area contributed by atoms with Gasteiger partial charge in [0, 0.05) is 29.2 Å². The first kappa shape index (κ1) is 22.5. The van der Waals surface area contributed by atoms with Crippen LogP contribution in [0.1, 0.15) is 13.3 Å². The summed E-state index contributed by atoms with van der Waals surface area (Å²) < 4.78 is 10.1. The highest BCUT2D eigenvalue weighted by molar-refractivity contribution is 6.43. The van der Waals surface area contributed by atoms with E-state index in [-0.39, 0.29) is 36.9 Å². The van der Waals surface area contributed by atoms with Crippen LogP contribution in [0.25, 0.3) is 0 Å². The van der Waals surface area contributed by atoms with Crippen LogP contribution >= 0.6 is 0 Å². The van der Waals surface area contributed by atoms with Crippen LogP contribution in [0.15, 0.2) is 59.8 Å². The van der Waals surface area contributed by atoms with E-state index in [2.05, 4.69) is 10.6 Å². The van der Waals surface area contributed by atoms with Crippen LogP contribution in [0.4, 0.5) is 17.1 Å². The standard InChI is InChI=1S/C23H24N4O5/c1-3-32-23(30)20(24)19-12-13-27(17-8-4-15(5-9-17)25-14-28)22(29)21(19)26-16-6-10-18(31-2)11-7-16/h4-11,14,24,26H,3,12-13H2,1-2H3,(H,25,28). The molecule has 0 unspecified atom stereocenters. The summed E-state index contributed by atoms with van der Waals surface area (Å²) in [5.41, 5.74) is 1.92. The third kappa shape index (κ3) is 4.94. The van der Waals surface area contributed by atoms with Crippen LogP contribution in [0.5, 0.6) is 5.75 Å². The van der Waals surface area contributed by atoms with Crippen LogP contribution in [0, 0.1) is 5.41 Å². The Labute approximate surface area is 185 Å². The molecule has 166 valence electrons. The molecule has 0 saturated carbocycles. The number of hydrogen-bond donors (Lipinski definition) is 3. The van der Waals surface area contributed by atoms with Crippen molar-refractivity contribution in [2.45, 2.75) is 13.3 Å². The second-order valence-corrected chi connectivity index (χ2v) is 6.82. The molecule has 32 heavy (non-hydrogen) atoms. The van der Waals surface area contributed by atoms with E-state index in [1.54, 1.807) is 67.5 Å². The van der Waals surface area contributed by atoms with Crippen molar-refractivity contribution in [3.63, 3.8) is 0 Å². The monoisotopic (exact) mass is 436 g/mol. The summed E-state index contributed by atoms with van der Waals surface area (Å²) in [5.74, 6) is -0.501. The topological polar surface area (TPSA) is 121 Å². The Kier molecular flexibility index (Phi) is 7.22. The molecule has 1 aliphatic heterocycles. The zero-order chi connectivity index (χ0) is 23.1. The summed E-state index contributed by atoms with van der Waals surface area (Å²) in [6.07, 6.45) is 0.865. The highest BCUT2D eigenvalue weighted by Gasteiger charge is 2.32. The maximum absolute atomic E-state index is 13.4. The van der Waals surface area contributed by atoms with Crippen LogP contribution in [0.3, 0.4) is 0 Å². The van der Waals surface area contributed by atoms with Gasteiger partial charge in [-0.05, 0) is 61.9 Å². The van der Waals surface area contributed by atoms with E-state index in [1.165, 1.54) is 0 Å². The van der Waals surface area contributed by atoms with Gasteiger partial charge in [0.25, 0.3) is 5.91 Å². The fourth-order valence-electron chi connectivity index (χ4n) is 3.29. The number of rotatable bonds is 9. The van der Waals surface area contributed by atoms with Gasteiger partial charge in [0.05, 0.1) is 13.7 Å². The van der Waals surface area contributed by atoms with Crippen molar-refractivity contribution in [2.75, 3.05) is 35.8 Å². The van der Waals surface area contributed by atoms with Crippen molar-refractivity contribution in [2.24, 2.45) is 0 Å². The lowest BCUT2D eigenvalue weighted by atomic mass is 9.98. The molecule has 1 heterocycles. The van der Waals surface area contributed by atoms with Crippen molar-refractivity contribution in [1.29, 1.82) is 5.41 Å². The summed E-state index contributed by atoms with van der Waals surface area (Å²) in [5, 5.41) is 13.9. The van der Waals surface area contributed by atoms with Crippen LogP contribution in [0.2, 0.25) is 0 Å². The summed E-state index contributed by atoms with van der Waals surface area (Å²) in [7, 11) is 1.56. The van der Waals surface area contributed by atoms with Crippen LogP contribution < -0.4 is 20.3 Å². The van der Waals surface area contributed by atoms with E-state index in [0.29, 0.717) is 34.8 Å². The van der Waals surface area contributed by atoms with Gasteiger partial charge in [-0.2, -0.15) is 0 Å². The molecule has 0 atom stereocenters. The molecule has 0 fully saturated rings. The minimum atomic E-state index is -0.776. The van der Waals surface area contributed by atoms with Gasteiger partial charge in [0.15, 0.2) is 0 Å². The predicted octanol–water partition coefficient (Wildman–Crippen LogP) is 2.95. The molecule has 9 nitrogen and oxygen atoms in total. The van der Waals surface area contributed by atoms with Gasteiger partial charge in [-0.25, -0.2) is 4.79 Å². The smallest absolute Gasteiger partial charge is 0.356 e. The van der Waals surface area contributed by atoms with Crippen molar-refractivity contribution in [3.8, 4) is 5.75 Å². The minimum absolute atomic E-state index is 0.134. The average Bonchev–Trinajstić information content (AvgIpc) is 2.81. The number of carbonyl (C=O) groups is 3.